The van der Waals surface area contributed by atoms with Crippen molar-refractivity contribution in [2.24, 2.45) is 7.05 Å². The van der Waals surface area contributed by atoms with Crippen LogP contribution < -0.4 is 15.6 Å². The third kappa shape index (κ3) is 4.28. The molecule has 182 valence electrons. The first-order valence-corrected chi connectivity index (χ1v) is 12.2. The van der Waals surface area contributed by atoms with E-state index in [9.17, 15) is 9.59 Å². The minimum Gasteiger partial charge on any atom is -0.495 e. The molecule has 8 nitrogen and oxygen atoms in total. The smallest absolute Gasteiger partial charge is 0.296 e. The van der Waals surface area contributed by atoms with E-state index in [1.807, 2.05) is 35.9 Å². The average Bonchev–Trinajstić information content (AvgIpc) is 3.49. The maximum absolute atomic E-state index is 13.6. The molecule has 0 saturated carbocycles. The van der Waals surface area contributed by atoms with Gasteiger partial charge in [0.25, 0.3) is 11.5 Å². The molecule has 1 aliphatic heterocycles. The van der Waals surface area contributed by atoms with Gasteiger partial charge in [-0.2, -0.15) is 9.78 Å². The summed E-state index contributed by atoms with van der Waals surface area (Å²) in [6.07, 6.45) is 3.34. The number of hydrogen-bond acceptors (Lipinski definition) is 5. The molecule has 3 heterocycles. The quantitative estimate of drug-likeness (QED) is 0.396. The molecule has 1 N–H and O–H groups in total. The zero-order valence-corrected chi connectivity index (χ0v) is 20.6. The van der Waals surface area contributed by atoms with Gasteiger partial charge in [-0.1, -0.05) is 29.8 Å². The van der Waals surface area contributed by atoms with Crippen molar-refractivity contribution in [3.8, 4) is 11.4 Å². The van der Waals surface area contributed by atoms with Crippen LogP contribution in [0.1, 0.15) is 29.8 Å². The van der Waals surface area contributed by atoms with Crippen molar-refractivity contribution in [1.82, 2.24) is 24.6 Å². The molecule has 35 heavy (non-hydrogen) atoms. The highest BCUT2D eigenvalue weighted by atomic mass is 35.5. The van der Waals surface area contributed by atoms with Crippen LogP contribution in [-0.4, -0.2) is 58.4 Å². The van der Waals surface area contributed by atoms with E-state index in [4.69, 9.17) is 16.3 Å². The Balaban J connectivity index is 1.59. The number of para-hydroxylation sites is 1. The van der Waals surface area contributed by atoms with Crippen molar-refractivity contribution >= 4 is 39.3 Å². The van der Waals surface area contributed by atoms with Crippen molar-refractivity contribution in [1.29, 1.82) is 0 Å². The first kappa shape index (κ1) is 23.4. The number of hydrogen-bond donors (Lipinski definition) is 1. The molecule has 0 spiro atoms. The Bertz CT molecular complexity index is 1470. The molecular weight excluding hydrogens is 466 g/mol. The number of aromatic nitrogens is 3. The number of carbonyl (C=O) groups excluding carboxylic acids is 1. The lowest BCUT2D eigenvalue weighted by molar-refractivity contribution is 0.0947. The van der Waals surface area contributed by atoms with Crippen LogP contribution in [0.2, 0.25) is 5.02 Å². The van der Waals surface area contributed by atoms with Crippen molar-refractivity contribution < 1.29 is 9.53 Å². The second-order valence-electron chi connectivity index (χ2n) is 8.84. The third-order valence-corrected chi connectivity index (χ3v) is 6.96. The van der Waals surface area contributed by atoms with Crippen molar-refractivity contribution in [2.45, 2.75) is 19.3 Å². The Morgan fingerprint density at radius 2 is 1.94 bits per heavy atom. The fourth-order valence-electron chi connectivity index (χ4n) is 4.89. The summed E-state index contributed by atoms with van der Waals surface area (Å²) in [4.78, 5) is 29.5. The van der Waals surface area contributed by atoms with E-state index in [1.54, 1.807) is 18.2 Å². The summed E-state index contributed by atoms with van der Waals surface area (Å²) in [5.74, 6) is 0.186. The lowest BCUT2D eigenvalue weighted by atomic mass is 10.1. The van der Waals surface area contributed by atoms with Gasteiger partial charge < -0.3 is 19.5 Å². The minimum atomic E-state index is -0.328. The van der Waals surface area contributed by atoms with Crippen molar-refractivity contribution in [3.63, 3.8) is 0 Å². The maximum atomic E-state index is 13.6. The number of amides is 1. The number of carbonyl (C=O) groups is 1. The topological polar surface area (TPSA) is 81.4 Å². The van der Waals surface area contributed by atoms with Gasteiger partial charge in [-0.15, -0.1) is 0 Å². The second-order valence-corrected chi connectivity index (χ2v) is 9.25. The predicted molar refractivity (Wildman–Crippen MR) is 138 cm³/mol. The van der Waals surface area contributed by atoms with Crippen LogP contribution in [0.5, 0.6) is 5.75 Å². The Labute approximate surface area is 208 Å². The normalized spacial score (nSPS) is 14.1. The largest absolute Gasteiger partial charge is 0.495 e. The first-order valence-electron chi connectivity index (χ1n) is 11.8. The summed E-state index contributed by atoms with van der Waals surface area (Å²) in [7, 11) is 3.36. The Morgan fingerprint density at radius 3 is 2.69 bits per heavy atom. The van der Waals surface area contributed by atoms with E-state index in [2.05, 4.69) is 15.3 Å². The van der Waals surface area contributed by atoms with Crippen LogP contribution in [0.15, 0.2) is 47.3 Å². The van der Waals surface area contributed by atoms with E-state index in [1.165, 1.54) is 24.6 Å². The average molecular weight is 494 g/mol. The van der Waals surface area contributed by atoms with E-state index >= 15 is 0 Å². The van der Waals surface area contributed by atoms with Crippen molar-refractivity contribution in [3.05, 3.63) is 63.5 Å². The molecule has 0 aliphatic carbocycles. The van der Waals surface area contributed by atoms with E-state index < -0.39 is 0 Å². The molecule has 0 radical (unpaired) electrons. The number of fused-ring (bicyclic) bond motifs is 3. The number of aryl methyl sites for hydroxylation is 1. The van der Waals surface area contributed by atoms with Crippen LogP contribution in [0.4, 0.5) is 0 Å². The fourth-order valence-corrected chi connectivity index (χ4v) is 5.15. The monoisotopic (exact) mass is 493 g/mol. The number of halogens is 1. The van der Waals surface area contributed by atoms with Gasteiger partial charge >= 0.3 is 0 Å². The van der Waals surface area contributed by atoms with Gasteiger partial charge in [-0.3, -0.25) is 9.59 Å². The molecule has 4 aromatic rings. The maximum Gasteiger partial charge on any atom is 0.296 e. The summed E-state index contributed by atoms with van der Waals surface area (Å²) in [5, 5.41) is 9.30. The predicted octanol–water partition coefficient (Wildman–Crippen LogP) is 3.76. The number of likely N-dealkylation sites (tertiary alicyclic amines) is 1. The summed E-state index contributed by atoms with van der Waals surface area (Å²) in [5.41, 5.74) is 1.61. The van der Waals surface area contributed by atoms with Crippen LogP contribution in [-0.2, 0) is 7.05 Å². The fraction of sp³-hybridized carbons (Fsp3) is 0.346. The summed E-state index contributed by atoms with van der Waals surface area (Å²) in [6, 6.07) is 12.6. The van der Waals surface area contributed by atoms with Gasteiger partial charge in [0.15, 0.2) is 5.69 Å². The van der Waals surface area contributed by atoms with E-state index in [-0.39, 0.29) is 17.2 Å². The van der Waals surface area contributed by atoms with Crippen LogP contribution in [0.3, 0.4) is 0 Å². The van der Waals surface area contributed by atoms with Gasteiger partial charge in [0.2, 0.25) is 0 Å². The van der Waals surface area contributed by atoms with Gasteiger partial charge in [-0.05, 0) is 63.2 Å². The summed E-state index contributed by atoms with van der Waals surface area (Å²) < 4.78 is 8.30. The van der Waals surface area contributed by atoms with E-state index in [0.717, 1.165) is 37.0 Å². The number of ether oxygens (including phenoxy) is 1. The lowest BCUT2D eigenvalue weighted by Gasteiger charge is -2.15. The standard InChI is InChI=1S/C26H28ClN5O3/c1-30-20-9-4-3-8-18(20)22-23(25(33)28-12-7-15-31-13-5-6-14-31)29-32(26(34)24(22)30)17-10-11-21(35-2)19(27)16-17/h3-4,8-11,16H,5-7,12-15H2,1-2H3,(H,28,33). The number of nitrogens with one attached hydrogen (secondary N) is 1. The molecule has 1 aliphatic rings. The molecule has 1 saturated heterocycles. The van der Waals surface area contributed by atoms with Crippen LogP contribution in [0, 0.1) is 0 Å². The van der Waals surface area contributed by atoms with Crippen molar-refractivity contribution in [2.75, 3.05) is 33.3 Å². The summed E-state index contributed by atoms with van der Waals surface area (Å²) >= 11 is 6.33. The van der Waals surface area contributed by atoms with Crippen LogP contribution >= 0.6 is 11.6 Å². The van der Waals surface area contributed by atoms with Crippen LogP contribution in [0.25, 0.3) is 27.5 Å². The Hall–Kier alpha value is -3.36. The zero-order chi connectivity index (χ0) is 24.5. The van der Waals surface area contributed by atoms with Gasteiger partial charge in [0.05, 0.1) is 17.8 Å². The molecule has 0 unspecified atom stereocenters. The summed E-state index contributed by atoms with van der Waals surface area (Å²) in [6.45, 7) is 3.75. The van der Waals surface area contributed by atoms with Gasteiger partial charge in [0, 0.05) is 29.9 Å². The molecule has 5 rings (SSSR count). The third-order valence-electron chi connectivity index (χ3n) is 6.67. The highest BCUT2D eigenvalue weighted by Crippen LogP contribution is 2.30. The highest BCUT2D eigenvalue weighted by molar-refractivity contribution is 6.32. The van der Waals surface area contributed by atoms with Gasteiger partial charge in [0.1, 0.15) is 11.3 Å². The Kier molecular flexibility index (Phi) is 6.49. The number of rotatable bonds is 7. The first-order chi connectivity index (χ1) is 17.0. The second kappa shape index (κ2) is 9.71. The number of nitrogens with zero attached hydrogens (tertiary/aromatic N) is 4. The minimum absolute atomic E-state index is 0.213. The molecule has 1 fully saturated rings. The number of benzene rings is 2. The molecule has 0 bridgehead atoms. The SMILES string of the molecule is COc1ccc(-n2nc(C(=O)NCCCN3CCCC3)c3c4ccccc4n(C)c3c2=O)cc1Cl. The Morgan fingerprint density at radius 1 is 1.17 bits per heavy atom. The lowest BCUT2D eigenvalue weighted by Crippen LogP contribution is -2.32. The number of methoxy groups -OCH3 is 1. The molecule has 0 atom stereocenters. The van der Waals surface area contributed by atoms with Gasteiger partial charge in [-0.25, -0.2) is 0 Å². The zero-order valence-electron chi connectivity index (χ0n) is 19.9. The molecule has 2 aromatic carbocycles. The molecule has 9 heteroatoms. The molecule has 1 amide bonds. The van der Waals surface area contributed by atoms with E-state index in [0.29, 0.717) is 33.9 Å². The highest BCUT2D eigenvalue weighted by Gasteiger charge is 2.23. The molecular formula is C26H28ClN5O3. The molecule has 2 aromatic heterocycles.